The second kappa shape index (κ2) is 5.34. The van der Waals surface area contributed by atoms with Gasteiger partial charge in [-0.1, -0.05) is 0 Å². The first-order valence-electron chi connectivity index (χ1n) is 8.25. The number of carbonyl (C=O) groups excluding carboxylic acids is 1. The van der Waals surface area contributed by atoms with Crippen LogP contribution in [-0.2, 0) is 7.05 Å². The second-order valence-corrected chi connectivity index (χ2v) is 6.70. The van der Waals surface area contributed by atoms with E-state index < -0.39 is 0 Å². The molecule has 2 atom stereocenters. The van der Waals surface area contributed by atoms with Crippen molar-refractivity contribution in [3.8, 4) is 6.07 Å². The second-order valence-electron chi connectivity index (χ2n) is 6.70. The number of amides is 1. The van der Waals surface area contributed by atoms with Gasteiger partial charge in [0.2, 0.25) is 0 Å². The number of aromatic amines is 1. The average molecular weight is 310 g/mol. The minimum atomic E-state index is -0.135. The maximum atomic E-state index is 12.7. The predicted molar refractivity (Wildman–Crippen MR) is 83.5 cm³/mol. The van der Waals surface area contributed by atoms with Crippen molar-refractivity contribution in [2.45, 2.75) is 44.1 Å². The third-order valence-electron chi connectivity index (χ3n) is 4.99. The molecule has 2 saturated carbocycles. The molecule has 1 amide bonds. The normalized spacial score (nSPS) is 23.8. The lowest BCUT2D eigenvalue weighted by Crippen LogP contribution is -2.37. The number of hydrogen-bond donors (Lipinski definition) is 2. The van der Waals surface area contributed by atoms with Crippen LogP contribution in [-0.4, -0.2) is 21.9 Å². The van der Waals surface area contributed by atoms with Gasteiger partial charge in [0.15, 0.2) is 5.52 Å². The van der Waals surface area contributed by atoms with Crippen molar-refractivity contribution in [3.63, 3.8) is 0 Å². The van der Waals surface area contributed by atoms with E-state index in [0.717, 1.165) is 36.1 Å². The van der Waals surface area contributed by atoms with Gasteiger partial charge in [-0.25, -0.2) is 14.5 Å². The number of carbonyl (C=O) groups is 1. The molecule has 2 N–H and O–H groups in total. The van der Waals surface area contributed by atoms with Gasteiger partial charge in [0.1, 0.15) is 18.0 Å². The Morgan fingerprint density at radius 2 is 2.26 bits per heavy atom. The zero-order chi connectivity index (χ0) is 16.0. The minimum absolute atomic E-state index is 0.0437. The molecule has 6 nitrogen and oxygen atoms in total. The van der Waals surface area contributed by atoms with Crippen molar-refractivity contribution >= 4 is 17.1 Å². The fraction of sp³-hybridized carbons (Fsp3) is 0.529. The first-order valence-corrected chi connectivity index (χ1v) is 8.25. The van der Waals surface area contributed by atoms with Crippen LogP contribution in [0.25, 0.3) is 11.2 Å². The van der Waals surface area contributed by atoms with Crippen molar-refractivity contribution in [1.29, 1.82) is 5.26 Å². The van der Waals surface area contributed by atoms with E-state index in [9.17, 15) is 4.79 Å². The number of H-pyrrole nitrogens is 1. The van der Waals surface area contributed by atoms with Gasteiger partial charge in [0.05, 0.1) is 24.7 Å². The van der Waals surface area contributed by atoms with E-state index in [1.807, 2.05) is 17.8 Å². The Morgan fingerprint density at radius 3 is 3.00 bits per heavy atom. The van der Waals surface area contributed by atoms with Crippen LogP contribution in [0, 0.1) is 17.2 Å². The standard InChI is InChI=1S/C17H19N5O/c1-22-9-14(10-5-6-10)20-15-12(8-19-16(15)22)17(23)21-13-4-2-3-11(13)7-18/h8-11,13H,2-6H2,1H3,(H,21,23)/p+1. The van der Waals surface area contributed by atoms with Crippen LogP contribution in [0.1, 0.15) is 54.1 Å². The molecule has 2 aliphatic carbocycles. The molecule has 2 fully saturated rings. The average Bonchev–Trinajstić information content (AvgIpc) is 3.14. The summed E-state index contributed by atoms with van der Waals surface area (Å²) in [6.45, 7) is 0. The maximum Gasteiger partial charge on any atom is 0.306 e. The number of hydrogen-bond acceptors (Lipinski definition) is 3. The Labute approximate surface area is 134 Å². The Morgan fingerprint density at radius 1 is 1.43 bits per heavy atom. The predicted octanol–water partition coefficient (Wildman–Crippen LogP) is 1.69. The molecule has 0 bridgehead atoms. The highest BCUT2D eigenvalue weighted by Crippen LogP contribution is 2.38. The van der Waals surface area contributed by atoms with Gasteiger partial charge in [-0.3, -0.25) is 4.79 Å². The van der Waals surface area contributed by atoms with Crippen LogP contribution in [0.3, 0.4) is 0 Å². The van der Waals surface area contributed by atoms with E-state index >= 15 is 0 Å². The molecule has 2 aromatic heterocycles. The molecule has 2 aliphatic rings. The molecule has 23 heavy (non-hydrogen) atoms. The molecule has 2 heterocycles. The maximum absolute atomic E-state index is 12.7. The highest BCUT2D eigenvalue weighted by Gasteiger charge is 2.32. The van der Waals surface area contributed by atoms with Crippen molar-refractivity contribution in [2.24, 2.45) is 13.0 Å². The fourth-order valence-electron chi connectivity index (χ4n) is 3.49. The first kappa shape index (κ1) is 14.2. The summed E-state index contributed by atoms with van der Waals surface area (Å²) in [7, 11) is 1.97. The first-order chi connectivity index (χ1) is 11.2. The van der Waals surface area contributed by atoms with Crippen LogP contribution in [0.2, 0.25) is 0 Å². The molecule has 0 aromatic carbocycles. The molecule has 2 aromatic rings. The zero-order valence-corrected chi connectivity index (χ0v) is 13.2. The van der Waals surface area contributed by atoms with Crippen LogP contribution in [0.15, 0.2) is 12.4 Å². The van der Waals surface area contributed by atoms with Gasteiger partial charge in [0.25, 0.3) is 5.91 Å². The van der Waals surface area contributed by atoms with Crippen LogP contribution in [0.4, 0.5) is 0 Å². The van der Waals surface area contributed by atoms with Crippen molar-refractivity contribution < 1.29 is 9.36 Å². The third kappa shape index (κ3) is 2.46. The quantitative estimate of drug-likeness (QED) is 0.846. The summed E-state index contributed by atoms with van der Waals surface area (Å²) in [6.07, 6.45) is 8.86. The van der Waals surface area contributed by atoms with Gasteiger partial charge < -0.3 is 5.32 Å². The Hall–Kier alpha value is -2.42. The summed E-state index contributed by atoms with van der Waals surface area (Å²) in [5, 5.41) is 12.2. The van der Waals surface area contributed by atoms with Gasteiger partial charge in [-0.15, -0.1) is 0 Å². The summed E-state index contributed by atoms with van der Waals surface area (Å²) < 4.78 is 2.00. The number of nitrogens with one attached hydrogen (secondary N) is 2. The monoisotopic (exact) mass is 310 g/mol. The lowest BCUT2D eigenvalue weighted by Gasteiger charge is -2.14. The summed E-state index contributed by atoms with van der Waals surface area (Å²) >= 11 is 0. The number of rotatable bonds is 3. The SMILES string of the molecule is C[n+]1cc(C2CC2)nc2c(C(=O)NC3CCCC3C#N)c[nH]c21. The van der Waals surface area contributed by atoms with Crippen molar-refractivity contribution in [3.05, 3.63) is 23.7 Å². The molecule has 0 radical (unpaired) electrons. The summed E-state index contributed by atoms with van der Waals surface area (Å²) in [5.74, 6) is 0.327. The summed E-state index contributed by atoms with van der Waals surface area (Å²) in [5.41, 5.74) is 3.20. The van der Waals surface area contributed by atoms with Crippen LogP contribution < -0.4 is 9.88 Å². The number of aryl methyl sites for hydroxylation is 1. The highest BCUT2D eigenvalue weighted by molar-refractivity contribution is 6.04. The van der Waals surface area contributed by atoms with Crippen molar-refractivity contribution in [1.82, 2.24) is 15.3 Å². The number of nitriles is 1. The topological polar surface area (TPSA) is 85.4 Å². The molecular formula is C17H20N5O+. The van der Waals surface area contributed by atoms with E-state index in [4.69, 9.17) is 10.2 Å². The van der Waals surface area contributed by atoms with Gasteiger partial charge in [-0.2, -0.15) is 5.26 Å². The van der Waals surface area contributed by atoms with E-state index in [1.165, 1.54) is 12.8 Å². The highest BCUT2D eigenvalue weighted by atomic mass is 16.1. The Kier molecular flexibility index (Phi) is 3.29. The summed E-state index contributed by atoms with van der Waals surface area (Å²) in [6, 6.07) is 2.26. The molecule has 2 unspecified atom stereocenters. The van der Waals surface area contributed by atoms with Gasteiger partial charge in [0, 0.05) is 12.0 Å². The lowest BCUT2D eigenvalue weighted by atomic mass is 10.1. The summed E-state index contributed by atoms with van der Waals surface area (Å²) in [4.78, 5) is 20.5. The molecule has 6 heteroatoms. The third-order valence-corrected chi connectivity index (χ3v) is 4.99. The van der Waals surface area contributed by atoms with E-state index in [2.05, 4.69) is 16.4 Å². The molecule has 0 spiro atoms. The largest absolute Gasteiger partial charge is 0.348 e. The molecule has 118 valence electrons. The number of aromatic nitrogens is 3. The zero-order valence-electron chi connectivity index (χ0n) is 13.2. The van der Waals surface area contributed by atoms with Crippen LogP contribution in [0.5, 0.6) is 0 Å². The van der Waals surface area contributed by atoms with Gasteiger partial charge in [-0.05, 0) is 32.1 Å². The van der Waals surface area contributed by atoms with Crippen molar-refractivity contribution in [2.75, 3.05) is 0 Å². The number of nitrogens with zero attached hydrogens (tertiary/aromatic N) is 3. The lowest BCUT2D eigenvalue weighted by molar-refractivity contribution is -0.647. The Bertz CT molecular complexity index is 814. The minimum Gasteiger partial charge on any atom is -0.348 e. The van der Waals surface area contributed by atoms with Gasteiger partial charge >= 0.3 is 5.65 Å². The number of fused-ring (bicyclic) bond motifs is 1. The smallest absolute Gasteiger partial charge is 0.306 e. The fourth-order valence-corrected chi connectivity index (χ4v) is 3.49. The van der Waals surface area contributed by atoms with E-state index in [-0.39, 0.29) is 17.9 Å². The molecular weight excluding hydrogens is 290 g/mol. The molecule has 0 aliphatic heterocycles. The van der Waals surface area contributed by atoms with E-state index in [1.54, 1.807) is 6.20 Å². The van der Waals surface area contributed by atoms with Crippen LogP contribution >= 0.6 is 0 Å². The Balaban J connectivity index is 1.65. The van der Waals surface area contributed by atoms with E-state index in [0.29, 0.717) is 11.5 Å². The molecule has 4 rings (SSSR count). The molecule has 0 saturated heterocycles.